The molecule has 42 heavy (non-hydrogen) atoms. The first kappa shape index (κ1) is 43.5. The van der Waals surface area contributed by atoms with Gasteiger partial charge in [-0.3, -0.25) is 0 Å². The van der Waals surface area contributed by atoms with Gasteiger partial charge in [0.15, 0.2) is 0 Å². The lowest BCUT2D eigenvalue weighted by Gasteiger charge is -2.34. The molecule has 0 aliphatic heterocycles. The molecular formula is C27H58O15. The molecule has 0 saturated carbocycles. The van der Waals surface area contributed by atoms with Crippen LogP contribution in [0.15, 0.2) is 0 Å². The van der Waals surface area contributed by atoms with Crippen molar-refractivity contribution in [2.75, 3.05) is 119 Å². The van der Waals surface area contributed by atoms with E-state index in [2.05, 4.69) is 0 Å². The SMILES string of the molecule is CCC(CO)(CO)COCC(CO)(CO)CO.CCC(CO)(CO)COCC(CO)(CO)COCC(CO)(CO)CO. The van der Waals surface area contributed by atoms with Gasteiger partial charge in [-0.05, 0) is 12.8 Å². The molecule has 0 aromatic carbocycles. The first-order valence-electron chi connectivity index (χ1n) is 14.0. The standard InChI is InChI=1S/C16H34O9.C11H24O6/c1-2-14(3-17,4-18)10-24-12-16(8-22,9-23)13-25-11-15(5-19,6-20)7-21;1-2-10(3-12,4-13)8-17-9-11(5-14,6-15)7-16/h17-23H,2-13H2,1H3;12-16H,2-9H2,1H3. The third-order valence-corrected chi connectivity index (χ3v) is 7.97. The predicted octanol–water partition coefficient (Wildman–Crippen LogP) is -4.32. The monoisotopic (exact) mass is 622 g/mol. The minimum Gasteiger partial charge on any atom is -0.396 e. The first-order valence-corrected chi connectivity index (χ1v) is 14.0. The predicted molar refractivity (Wildman–Crippen MR) is 150 cm³/mol. The number of aliphatic hydroxyl groups is 12. The maximum Gasteiger partial charge on any atom is 0.0632 e. The lowest BCUT2D eigenvalue weighted by molar-refractivity contribution is -0.123. The Morgan fingerprint density at radius 3 is 0.619 bits per heavy atom. The summed E-state index contributed by atoms with van der Waals surface area (Å²) in [5.41, 5.74) is -4.92. The Hall–Kier alpha value is -0.600. The van der Waals surface area contributed by atoms with E-state index in [0.29, 0.717) is 12.8 Å². The molecule has 0 saturated heterocycles. The highest BCUT2D eigenvalue weighted by molar-refractivity contribution is 4.83. The van der Waals surface area contributed by atoms with Gasteiger partial charge in [-0.1, -0.05) is 13.8 Å². The molecule has 0 radical (unpaired) electrons. The van der Waals surface area contributed by atoms with Crippen LogP contribution in [-0.2, 0) is 14.2 Å². The summed E-state index contributed by atoms with van der Waals surface area (Å²) in [6.07, 6.45) is 1.04. The molecule has 0 aromatic rings. The van der Waals surface area contributed by atoms with Crippen LogP contribution in [0.2, 0.25) is 0 Å². The lowest BCUT2D eigenvalue weighted by Crippen LogP contribution is -2.44. The van der Waals surface area contributed by atoms with E-state index in [0.717, 1.165) is 0 Å². The number of hydrogen-bond acceptors (Lipinski definition) is 15. The fraction of sp³-hybridized carbons (Fsp3) is 1.00. The fourth-order valence-corrected chi connectivity index (χ4v) is 3.23. The summed E-state index contributed by atoms with van der Waals surface area (Å²) in [6, 6.07) is 0. The van der Waals surface area contributed by atoms with Crippen molar-refractivity contribution in [1.29, 1.82) is 0 Å². The smallest absolute Gasteiger partial charge is 0.0632 e. The van der Waals surface area contributed by atoms with Gasteiger partial charge in [-0.15, -0.1) is 0 Å². The van der Waals surface area contributed by atoms with Gasteiger partial charge in [0, 0.05) is 10.8 Å². The van der Waals surface area contributed by atoms with Gasteiger partial charge in [0.25, 0.3) is 0 Å². The molecule has 0 unspecified atom stereocenters. The summed E-state index contributed by atoms with van der Waals surface area (Å²) in [4.78, 5) is 0. The minimum absolute atomic E-state index is 0.0295. The van der Waals surface area contributed by atoms with E-state index in [1.165, 1.54) is 0 Å². The van der Waals surface area contributed by atoms with Gasteiger partial charge in [-0.25, -0.2) is 0 Å². The van der Waals surface area contributed by atoms with Crippen LogP contribution in [0.1, 0.15) is 26.7 Å². The van der Waals surface area contributed by atoms with Crippen LogP contribution in [0.25, 0.3) is 0 Å². The second-order valence-corrected chi connectivity index (χ2v) is 11.6. The Balaban J connectivity index is 0. The van der Waals surface area contributed by atoms with E-state index in [9.17, 15) is 46.0 Å². The van der Waals surface area contributed by atoms with Gasteiger partial charge in [0.1, 0.15) is 0 Å². The van der Waals surface area contributed by atoms with Gasteiger partial charge in [0.05, 0.1) is 135 Å². The van der Waals surface area contributed by atoms with Crippen molar-refractivity contribution in [2.24, 2.45) is 27.1 Å². The fourth-order valence-electron chi connectivity index (χ4n) is 3.23. The highest BCUT2D eigenvalue weighted by atomic mass is 16.5. The lowest BCUT2D eigenvalue weighted by atomic mass is 9.87. The topological polar surface area (TPSA) is 270 Å². The maximum atomic E-state index is 9.61. The van der Waals surface area contributed by atoms with E-state index in [4.69, 9.17) is 29.5 Å². The molecule has 256 valence electrons. The molecule has 0 spiro atoms. The van der Waals surface area contributed by atoms with E-state index in [1.807, 2.05) is 13.8 Å². The molecule has 0 aliphatic rings. The van der Waals surface area contributed by atoms with Crippen LogP contribution in [0.4, 0.5) is 0 Å². The molecule has 0 amide bonds. The molecule has 0 fully saturated rings. The van der Waals surface area contributed by atoms with E-state index in [1.54, 1.807) is 0 Å². The molecule has 0 heterocycles. The number of ether oxygens (including phenoxy) is 3. The average Bonchev–Trinajstić information content (AvgIpc) is 3.06. The summed E-state index contributed by atoms with van der Waals surface area (Å²) in [5, 5.41) is 111. The third-order valence-electron chi connectivity index (χ3n) is 7.97. The highest BCUT2D eigenvalue weighted by Gasteiger charge is 2.35. The second kappa shape index (κ2) is 22.8. The van der Waals surface area contributed by atoms with Crippen molar-refractivity contribution >= 4 is 0 Å². The van der Waals surface area contributed by atoms with E-state index >= 15 is 0 Å². The zero-order chi connectivity index (χ0) is 32.8. The summed E-state index contributed by atoms with van der Waals surface area (Å²) < 4.78 is 16.2. The molecule has 0 aromatic heterocycles. The van der Waals surface area contributed by atoms with Crippen molar-refractivity contribution in [3.63, 3.8) is 0 Å². The van der Waals surface area contributed by atoms with Crippen LogP contribution in [0.3, 0.4) is 0 Å². The van der Waals surface area contributed by atoms with Crippen LogP contribution in [0.5, 0.6) is 0 Å². The normalized spacial score (nSPS) is 13.3. The van der Waals surface area contributed by atoms with Gasteiger partial charge in [0.2, 0.25) is 0 Å². The van der Waals surface area contributed by atoms with Gasteiger partial charge in [-0.2, -0.15) is 0 Å². The molecule has 15 heteroatoms. The van der Waals surface area contributed by atoms with E-state index < -0.39 is 79.9 Å². The Kier molecular flexibility index (Phi) is 23.7. The third kappa shape index (κ3) is 13.6. The van der Waals surface area contributed by atoms with Crippen molar-refractivity contribution < 1.29 is 75.5 Å². The summed E-state index contributed by atoms with van der Waals surface area (Å²) in [7, 11) is 0. The van der Waals surface area contributed by atoms with Crippen LogP contribution < -0.4 is 0 Å². The van der Waals surface area contributed by atoms with Crippen molar-refractivity contribution in [3.8, 4) is 0 Å². The van der Waals surface area contributed by atoms with Crippen LogP contribution in [0, 0.1) is 27.1 Å². The van der Waals surface area contributed by atoms with Crippen molar-refractivity contribution in [1.82, 2.24) is 0 Å². The van der Waals surface area contributed by atoms with Crippen molar-refractivity contribution in [3.05, 3.63) is 0 Å². The number of rotatable bonds is 26. The first-order chi connectivity index (χ1) is 20.0. The van der Waals surface area contributed by atoms with Crippen molar-refractivity contribution in [2.45, 2.75) is 26.7 Å². The summed E-state index contributed by atoms with van der Waals surface area (Å²) >= 11 is 0. The van der Waals surface area contributed by atoms with Crippen LogP contribution in [-0.4, -0.2) is 180 Å². The maximum absolute atomic E-state index is 9.61. The Morgan fingerprint density at radius 2 is 0.452 bits per heavy atom. The zero-order valence-corrected chi connectivity index (χ0v) is 25.2. The van der Waals surface area contributed by atoms with Crippen LogP contribution >= 0.6 is 0 Å². The Morgan fingerprint density at radius 1 is 0.286 bits per heavy atom. The molecule has 0 rings (SSSR count). The quantitative estimate of drug-likeness (QED) is 0.0435. The molecule has 12 N–H and O–H groups in total. The molecule has 15 nitrogen and oxygen atoms in total. The van der Waals surface area contributed by atoms with E-state index in [-0.39, 0.29) is 66.1 Å². The Bertz CT molecular complexity index is 536. The summed E-state index contributed by atoms with van der Waals surface area (Å²) in [6.45, 7) is -1.01. The average molecular weight is 623 g/mol. The highest BCUT2D eigenvalue weighted by Crippen LogP contribution is 2.25. The van der Waals surface area contributed by atoms with Gasteiger partial charge >= 0.3 is 0 Å². The minimum atomic E-state index is -1.21. The molecule has 0 bridgehead atoms. The van der Waals surface area contributed by atoms with Gasteiger partial charge < -0.3 is 75.5 Å². The molecular weight excluding hydrogens is 564 g/mol. The number of hydrogen-bond donors (Lipinski definition) is 12. The zero-order valence-electron chi connectivity index (χ0n) is 25.2. The second-order valence-electron chi connectivity index (χ2n) is 11.6. The number of aliphatic hydroxyl groups excluding tert-OH is 12. The summed E-state index contributed by atoms with van der Waals surface area (Å²) in [5.74, 6) is 0. The Labute approximate surface area is 248 Å². The largest absolute Gasteiger partial charge is 0.396 e. The molecule has 0 atom stereocenters. The molecule has 0 aliphatic carbocycles.